The molecular formula is C26H22FN3O5. The quantitative estimate of drug-likeness (QED) is 0.184. The molecule has 0 unspecified atom stereocenters. The van der Waals surface area contributed by atoms with Crippen molar-refractivity contribution in [1.82, 2.24) is 4.98 Å². The van der Waals surface area contributed by atoms with Crippen LogP contribution in [-0.2, 0) is 6.42 Å². The minimum Gasteiger partial charge on any atom is -0.493 e. The van der Waals surface area contributed by atoms with Gasteiger partial charge in [-0.3, -0.25) is 15.1 Å². The second kappa shape index (κ2) is 10.1. The Bertz CT molecular complexity index is 1410. The van der Waals surface area contributed by atoms with Crippen molar-refractivity contribution in [2.24, 2.45) is 0 Å². The highest BCUT2D eigenvalue weighted by atomic mass is 19.1. The second-order valence-corrected chi connectivity index (χ2v) is 7.58. The first-order valence-corrected chi connectivity index (χ1v) is 10.5. The summed E-state index contributed by atoms with van der Waals surface area (Å²) in [5.74, 6) is 1.25. The normalized spacial score (nSPS) is 10.6. The van der Waals surface area contributed by atoms with E-state index in [0.717, 1.165) is 16.5 Å². The molecule has 9 heteroatoms. The lowest BCUT2D eigenvalue weighted by Crippen LogP contribution is -2.06. The van der Waals surface area contributed by atoms with Gasteiger partial charge in [0.05, 0.1) is 24.7 Å². The maximum Gasteiger partial charge on any atom is 0.269 e. The van der Waals surface area contributed by atoms with Gasteiger partial charge < -0.3 is 19.5 Å². The number of fused-ring (bicyclic) bond motifs is 1. The van der Waals surface area contributed by atoms with Crippen molar-refractivity contribution in [2.75, 3.05) is 19.5 Å². The Morgan fingerprint density at radius 1 is 1.03 bits per heavy atom. The number of anilines is 1. The SMILES string of the molecule is C=C(Nc1ccc(Cc2ccnc3cc(OC)c(OC)cc23)c(F)c1)Oc1ccc([N+](=O)[O-])cc1. The molecule has 0 spiro atoms. The average Bonchev–Trinajstić information content (AvgIpc) is 2.85. The van der Waals surface area contributed by atoms with E-state index in [4.69, 9.17) is 14.2 Å². The van der Waals surface area contributed by atoms with Crippen LogP contribution in [0.5, 0.6) is 17.2 Å². The van der Waals surface area contributed by atoms with Crippen LogP contribution in [0.3, 0.4) is 0 Å². The molecule has 0 atom stereocenters. The van der Waals surface area contributed by atoms with Crippen LogP contribution in [0, 0.1) is 15.9 Å². The highest BCUT2D eigenvalue weighted by Crippen LogP contribution is 2.33. The van der Waals surface area contributed by atoms with Crippen LogP contribution in [0.4, 0.5) is 15.8 Å². The molecule has 1 N–H and O–H groups in total. The van der Waals surface area contributed by atoms with Crippen LogP contribution in [-0.4, -0.2) is 24.1 Å². The first-order valence-electron chi connectivity index (χ1n) is 10.5. The third-order valence-corrected chi connectivity index (χ3v) is 5.34. The van der Waals surface area contributed by atoms with E-state index >= 15 is 0 Å². The van der Waals surface area contributed by atoms with Gasteiger partial charge in [-0.05, 0) is 54.1 Å². The molecule has 0 saturated heterocycles. The average molecular weight is 475 g/mol. The topological polar surface area (TPSA) is 95.8 Å². The summed E-state index contributed by atoms with van der Waals surface area (Å²) in [5, 5.41) is 14.5. The van der Waals surface area contributed by atoms with E-state index in [1.165, 1.54) is 30.3 Å². The number of nitrogens with zero attached hydrogens (tertiary/aromatic N) is 2. The number of nitro benzene ring substituents is 1. The standard InChI is InChI=1S/C26H22FN3O5/c1-16(35-21-8-6-20(7-9-21)30(31)32)29-19-5-4-18(23(27)13-19)12-17-10-11-28-24-15-26(34-3)25(33-2)14-22(17)24/h4-11,13-15,29H,1,12H2,2-3H3. The zero-order valence-electron chi connectivity index (χ0n) is 19.1. The van der Waals surface area contributed by atoms with Crippen LogP contribution in [0.1, 0.15) is 11.1 Å². The number of nitro groups is 1. The monoisotopic (exact) mass is 475 g/mol. The van der Waals surface area contributed by atoms with Gasteiger partial charge in [0, 0.05) is 41.9 Å². The predicted octanol–water partition coefficient (Wildman–Crippen LogP) is 5.85. The highest BCUT2D eigenvalue weighted by Gasteiger charge is 2.13. The molecule has 4 aromatic rings. The summed E-state index contributed by atoms with van der Waals surface area (Å²) >= 11 is 0. The molecule has 35 heavy (non-hydrogen) atoms. The van der Waals surface area contributed by atoms with E-state index in [9.17, 15) is 14.5 Å². The minimum atomic E-state index is -0.497. The van der Waals surface area contributed by atoms with Gasteiger partial charge in [-0.2, -0.15) is 0 Å². The number of pyridine rings is 1. The first kappa shape index (κ1) is 23.5. The van der Waals surface area contributed by atoms with E-state index in [1.807, 2.05) is 12.1 Å². The number of halogens is 1. The van der Waals surface area contributed by atoms with Crippen LogP contribution in [0.2, 0.25) is 0 Å². The molecule has 0 radical (unpaired) electrons. The summed E-state index contributed by atoms with van der Waals surface area (Å²) in [7, 11) is 3.12. The molecule has 0 aliphatic rings. The number of hydrogen-bond acceptors (Lipinski definition) is 7. The van der Waals surface area contributed by atoms with Crippen molar-refractivity contribution in [1.29, 1.82) is 0 Å². The van der Waals surface area contributed by atoms with Crippen molar-refractivity contribution in [3.8, 4) is 17.2 Å². The number of ether oxygens (including phenoxy) is 3. The summed E-state index contributed by atoms with van der Waals surface area (Å²) < 4.78 is 31.2. The fourth-order valence-electron chi connectivity index (χ4n) is 3.62. The Kier molecular flexibility index (Phi) is 6.77. The molecular weight excluding hydrogens is 453 g/mol. The van der Waals surface area contributed by atoms with E-state index in [-0.39, 0.29) is 11.6 Å². The molecule has 3 aromatic carbocycles. The van der Waals surface area contributed by atoms with E-state index < -0.39 is 10.7 Å². The van der Waals surface area contributed by atoms with Gasteiger partial charge in [-0.25, -0.2) is 4.39 Å². The summed E-state index contributed by atoms with van der Waals surface area (Å²) in [5.41, 5.74) is 2.51. The van der Waals surface area contributed by atoms with Crippen LogP contribution in [0.25, 0.3) is 10.9 Å². The molecule has 0 aliphatic carbocycles. The van der Waals surface area contributed by atoms with Crippen LogP contribution in [0.15, 0.2) is 79.3 Å². The Morgan fingerprint density at radius 3 is 2.40 bits per heavy atom. The number of aromatic nitrogens is 1. The van der Waals surface area contributed by atoms with Crippen molar-refractivity contribution < 1.29 is 23.5 Å². The van der Waals surface area contributed by atoms with E-state index in [0.29, 0.717) is 34.9 Å². The van der Waals surface area contributed by atoms with Gasteiger partial charge in [-0.15, -0.1) is 0 Å². The van der Waals surface area contributed by atoms with Gasteiger partial charge in [0.2, 0.25) is 0 Å². The number of hydrogen-bond donors (Lipinski definition) is 1. The van der Waals surface area contributed by atoms with E-state index in [1.54, 1.807) is 38.6 Å². The first-order chi connectivity index (χ1) is 16.9. The molecule has 0 fully saturated rings. The third kappa shape index (κ3) is 5.30. The van der Waals surface area contributed by atoms with Gasteiger partial charge in [-0.1, -0.05) is 6.07 Å². The maximum absolute atomic E-state index is 15.0. The Balaban J connectivity index is 1.49. The smallest absolute Gasteiger partial charge is 0.269 e. The van der Waals surface area contributed by atoms with Crippen LogP contribution < -0.4 is 19.5 Å². The second-order valence-electron chi connectivity index (χ2n) is 7.58. The van der Waals surface area contributed by atoms with Crippen molar-refractivity contribution in [3.05, 3.63) is 106 Å². The molecule has 0 bridgehead atoms. The third-order valence-electron chi connectivity index (χ3n) is 5.34. The fourth-order valence-corrected chi connectivity index (χ4v) is 3.62. The van der Waals surface area contributed by atoms with Gasteiger partial charge in [0.25, 0.3) is 5.69 Å². The molecule has 1 heterocycles. The maximum atomic E-state index is 15.0. The van der Waals surface area contributed by atoms with Crippen molar-refractivity contribution in [3.63, 3.8) is 0 Å². The van der Waals surface area contributed by atoms with E-state index in [2.05, 4.69) is 16.9 Å². The zero-order chi connectivity index (χ0) is 24.9. The number of rotatable bonds is 9. The van der Waals surface area contributed by atoms with Crippen molar-refractivity contribution in [2.45, 2.75) is 6.42 Å². The zero-order valence-corrected chi connectivity index (χ0v) is 19.1. The molecule has 4 rings (SSSR count). The summed E-state index contributed by atoms with van der Waals surface area (Å²) in [6.07, 6.45) is 2.03. The fraction of sp³-hybridized carbons (Fsp3) is 0.115. The number of benzene rings is 3. The van der Waals surface area contributed by atoms with Crippen molar-refractivity contribution >= 4 is 22.3 Å². The Hall–Kier alpha value is -4.66. The highest BCUT2D eigenvalue weighted by molar-refractivity contribution is 5.86. The lowest BCUT2D eigenvalue weighted by molar-refractivity contribution is -0.384. The molecule has 0 saturated carbocycles. The summed E-state index contributed by atoms with van der Waals surface area (Å²) in [6.45, 7) is 3.77. The lowest BCUT2D eigenvalue weighted by Gasteiger charge is -2.13. The summed E-state index contributed by atoms with van der Waals surface area (Å²) in [4.78, 5) is 14.6. The van der Waals surface area contributed by atoms with Gasteiger partial charge >= 0.3 is 0 Å². The molecule has 0 amide bonds. The molecule has 178 valence electrons. The predicted molar refractivity (Wildman–Crippen MR) is 131 cm³/mol. The van der Waals surface area contributed by atoms with Gasteiger partial charge in [0.15, 0.2) is 17.4 Å². The largest absolute Gasteiger partial charge is 0.493 e. The lowest BCUT2D eigenvalue weighted by atomic mass is 10.00. The molecule has 0 aliphatic heterocycles. The van der Waals surface area contributed by atoms with Crippen LogP contribution >= 0.6 is 0 Å². The number of methoxy groups -OCH3 is 2. The molecule has 1 aromatic heterocycles. The number of non-ortho nitro benzene ring substituents is 1. The van der Waals surface area contributed by atoms with Gasteiger partial charge in [0.1, 0.15) is 11.6 Å². The minimum absolute atomic E-state index is 0.0480. The summed E-state index contributed by atoms with van der Waals surface area (Å²) in [6, 6.07) is 15.8. The Morgan fingerprint density at radius 2 is 1.74 bits per heavy atom. The number of nitrogens with one attached hydrogen (secondary N) is 1. The molecule has 8 nitrogen and oxygen atoms in total. The Labute approximate surface area is 200 Å².